The van der Waals surface area contributed by atoms with Crippen LogP contribution in [-0.4, -0.2) is 36.0 Å². The summed E-state index contributed by atoms with van der Waals surface area (Å²) < 4.78 is 0. The molecule has 1 amide bonds. The molecule has 1 fully saturated rings. The standard InChI is InChI=1S/C15H19N5O/c1-15(14(21)17-2)5-6-20(8-15)13-11-4-3-10(16)7-12(11)18-9-19-13/h3-4,7,9H,5-6,8,16H2,1-2H3,(H,17,21). The van der Waals surface area contributed by atoms with Crippen molar-refractivity contribution in [2.45, 2.75) is 13.3 Å². The van der Waals surface area contributed by atoms with Gasteiger partial charge < -0.3 is 16.0 Å². The second kappa shape index (κ2) is 4.87. The molecule has 1 saturated heterocycles. The Morgan fingerprint density at radius 2 is 2.24 bits per heavy atom. The molecule has 1 aromatic carbocycles. The molecule has 6 nitrogen and oxygen atoms in total. The number of aromatic nitrogens is 2. The maximum Gasteiger partial charge on any atom is 0.227 e. The molecular weight excluding hydrogens is 266 g/mol. The van der Waals surface area contributed by atoms with Gasteiger partial charge in [-0.05, 0) is 31.5 Å². The maximum absolute atomic E-state index is 12.0. The number of carbonyl (C=O) groups excluding carboxylic acids is 1. The monoisotopic (exact) mass is 285 g/mol. The highest BCUT2D eigenvalue weighted by molar-refractivity contribution is 5.92. The fourth-order valence-corrected chi connectivity index (χ4v) is 2.94. The van der Waals surface area contributed by atoms with Crippen molar-refractivity contribution in [2.24, 2.45) is 5.41 Å². The molecule has 21 heavy (non-hydrogen) atoms. The summed E-state index contributed by atoms with van der Waals surface area (Å²) in [6, 6.07) is 5.63. The van der Waals surface area contributed by atoms with Crippen molar-refractivity contribution in [2.75, 3.05) is 30.8 Å². The number of hydrogen-bond acceptors (Lipinski definition) is 5. The smallest absolute Gasteiger partial charge is 0.227 e. The van der Waals surface area contributed by atoms with E-state index in [9.17, 15) is 4.79 Å². The van der Waals surface area contributed by atoms with Crippen LogP contribution in [0.2, 0.25) is 0 Å². The quantitative estimate of drug-likeness (QED) is 0.809. The zero-order valence-electron chi connectivity index (χ0n) is 12.3. The average Bonchev–Trinajstić information content (AvgIpc) is 2.89. The number of benzene rings is 1. The molecule has 1 aliphatic rings. The van der Waals surface area contributed by atoms with Crippen molar-refractivity contribution in [3.8, 4) is 0 Å². The molecule has 3 N–H and O–H groups in total. The Bertz CT molecular complexity index is 702. The first-order valence-electron chi connectivity index (χ1n) is 7.01. The lowest BCUT2D eigenvalue weighted by atomic mass is 9.89. The van der Waals surface area contributed by atoms with Gasteiger partial charge in [0, 0.05) is 31.2 Å². The van der Waals surface area contributed by atoms with Gasteiger partial charge in [0.1, 0.15) is 12.1 Å². The first kappa shape index (κ1) is 13.6. The molecule has 2 aromatic rings. The Morgan fingerprint density at radius 1 is 1.43 bits per heavy atom. The molecular formula is C15H19N5O. The second-order valence-electron chi connectivity index (χ2n) is 5.79. The Labute approximate surface area is 123 Å². The predicted molar refractivity (Wildman–Crippen MR) is 83.0 cm³/mol. The molecule has 1 aromatic heterocycles. The zero-order valence-corrected chi connectivity index (χ0v) is 12.3. The van der Waals surface area contributed by atoms with Crippen LogP contribution in [-0.2, 0) is 4.79 Å². The first-order valence-corrected chi connectivity index (χ1v) is 7.01. The molecule has 0 saturated carbocycles. The third kappa shape index (κ3) is 2.26. The largest absolute Gasteiger partial charge is 0.399 e. The minimum absolute atomic E-state index is 0.0765. The molecule has 2 heterocycles. The highest BCUT2D eigenvalue weighted by Crippen LogP contribution is 2.35. The molecule has 3 rings (SSSR count). The molecule has 1 aliphatic heterocycles. The van der Waals surface area contributed by atoms with Gasteiger partial charge in [0.25, 0.3) is 0 Å². The number of nitrogens with zero attached hydrogens (tertiary/aromatic N) is 3. The van der Waals surface area contributed by atoms with Crippen molar-refractivity contribution >= 4 is 28.3 Å². The summed E-state index contributed by atoms with van der Waals surface area (Å²) in [5, 5.41) is 3.71. The Kier molecular flexibility index (Phi) is 3.16. The molecule has 1 unspecified atom stereocenters. The summed E-state index contributed by atoms with van der Waals surface area (Å²) in [4.78, 5) is 22.9. The lowest BCUT2D eigenvalue weighted by Gasteiger charge is -2.23. The van der Waals surface area contributed by atoms with E-state index in [1.54, 1.807) is 13.4 Å². The predicted octanol–water partition coefficient (Wildman–Crippen LogP) is 1.17. The summed E-state index contributed by atoms with van der Waals surface area (Å²) in [6.07, 6.45) is 2.36. The van der Waals surface area contributed by atoms with E-state index in [1.807, 2.05) is 25.1 Å². The van der Waals surface area contributed by atoms with Crippen LogP contribution in [0.3, 0.4) is 0 Å². The highest BCUT2D eigenvalue weighted by Gasteiger charge is 2.40. The summed E-state index contributed by atoms with van der Waals surface area (Å²) in [5.41, 5.74) is 6.94. The van der Waals surface area contributed by atoms with Crippen LogP contribution in [0.5, 0.6) is 0 Å². The van der Waals surface area contributed by atoms with E-state index in [0.29, 0.717) is 12.2 Å². The Hall–Kier alpha value is -2.37. The molecule has 0 spiro atoms. The van der Waals surface area contributed by atoms with Crippen LogP contribution in [0.1, 0.15) is 13.3 Å². The van der Waals surface area contributed by atoms with E-state index in [4.69, 9.17) is 5.73 Å². The van der Waals surface area contributed by atoms with Gasteiger partial charge >= 0.3 is 0 Å². The summed E-state index contributed by atoms with van der Waals surface area (Å²) >= 11 is 0. The third-order valence-corrected chi connectivity index (χ3v) is 4.19. The van der Waals surface area contributed by atoms with Gasteiger partial charge in [0.15, 0.2) is 0 Å². The number of rotatable bonds is 2. The number of fused-ring (bicyclic) bond motifs is 1. The van der Waals surface area contributed by atoms with Gasteiger partial charge in [-0.25, -0.2) is 9.97 Å². The van der Waals surface area contributed by atoms with E-state index in [0.717, 1.165) is 29.7 Å². The first-order chi connectivity index (χ1) is 10.0. The number of nitrogen functional groups attached to an aromatic ring is 1. The summed E-state index contributed by atoms with van der Waals surface area (Å²) in [6.45, 7) is 3.46. The normalized spacial score (nSPS) is 21.7. The number of anilines is 2. The molecule has 0 radical (unpaired) electrons. The van der Waals surface area contributed by atoms with Crippen LogP contribution in [0.15, 0.2) is 24.5 Å². The van der Waals surface area contributed by atoms with Crippen LogP contribution >= 0.6 is 0 Å². The van der Waals surface area contributed by atoms with Gasteiger partial charge in [0.2, 0.25) is 5.91 Å². The van der Waals surface area contributed by atoms with Crippen LogP contribution in [0.4, 0.5) is 11.5 Å². The fraction of sp³-hybridized carbons (Fsp3) is 0.400. The minimum Gasteiger partial charge on any atom is -0.399 e. The minimum atomic E-state index is -0.375. The van der Waals surface area contributed by atoms with Crippen LogP contribution in [0.25, 0.3) is 10.9 Å². The highest BCUT2D eigenvalue weighted by atomic mass is 16.2. The number of carbonyl (C=O) groups is 1. The van der Waals surface area contributed by atoms with E-state index in [1.165, 1.54) is 0 Å². The lowest BCUT2D eigenvalue weighted by Crippen LogP contribution is -2.39. The lowest BCUT2D eigenvalue weighted by molar-refractivity contribution is -0.128. The number of nitrogens with one attached hydrogen (secondary N) is 1. The van der Waals surface area contributed by atoms with Gasteiger partial charge in [-0.1, -0.05) is 0 Å². The van der Waals surface area contributed by atoms with E-state index < -0.39 is 0 Å². The molecule has 1 atom stereocenters. The topological polar surface area (TPSA) is 84.1 Å². The Morgan fingerprint density at radius 3 is 3.00 bits per heavy atom. The van der Waals surface area contributed by atoms with Gasteiger partial charge in [0.05, 0.1) is 10.9 Å². The second-order valence-corrected chi connectivity index (χ2v) is 5.79. The van der Waals surface area contributed by atoms with Crippen LogP contribution in [0, 0.1) is 5.41 Å². The SMILES string of the molecule is CNC(=O)C1(C)CCN(c2ncnc3cc(N)ccc23)C1. The zero-order chi connectivity index (χ0) is 15.0. The van der Waals surface area contributed by atoms with Crippen molar-refractivity contribution < 1.29 is 4.79 Å². The number of amides is 1. The average molecular weight is 285 g/mol. The van der Waals surface area contributed by atoms with E-state index in [2.05, 4.69) is 20.2 Å². The van der Waals surface area contributed by atoms with E-state index >= 15 is 0 Å². The third-order valence-electron chi connectivity index (χ3n) is 4.19. The molecule has 6 heteroatoms. The van der Waals surface area contributed by atoms with Crippen molar-refractivity contribution in [3.63, 3.8) is 0 Å². The molecule has 110 valence electrons. The number of hydrogen-bond donors (Lipinski definition) is 2. The van der Waals surface area contributed by atoms with E-state index in [-0.39, 0.29) is 11.3 Å². The van der Waals surface area contributed by atoms with Crippen LogP contribution < -0.4 is 16.0 Å². The van der Waals surface area contributed by atoms with Gasteiger partial charge in [-0.2, -0.15) is 0 Å². The van der Waals surface area contributed by atoms with Gasteiger partial charge in [-0.3, -0.25) is 4.79 Å². The maximum atomic E-state index is 12.0. The fourth-order valence-electron chi connectivity index (χ4n) is 2.94. The number of nitrogens with two attached hydrogens (primary N) is 1. The summed E-state index contributed by atoms with van der Waals surface area (Å²) in [7, 11) is 1.68. The molecule has 0 aliphatic carbocycles. The molecule has 0 bridgehead atoms. The van der Waals surface area contributed by atoms with Gasteiger partial charge in [-0.15, -0.1) is 0 Å². The Balaban J connectivity index is 1.97. The van der Waals surface area contributed by atoms with Crippen molar-refractivity contribution in [1.82, 2.24) is 15.3 Å². The van der Waals surface area contributed by atoms with Crippen molar-refractivity contribution in [1.29, 1.82) is 0 Å². The summed E-state index contributed by atoms with van der Waals surface area (Å²) in [5.74, 6) is 0.945. The van der Waals surface area contributed by atoms with Crippen molar-refractivity contribution in [3.05, 3.63) is 24.5 Å².